The molecule has 0 fully saturated rings. The number of hydrogen-bond acceptors (Lipinski definition) is 5. The number of nitrogens with one attached hydrogen (secondary N) is 1. The second-order valence-electron chi connectivity index (χ2n) is 5.31. The quantitative estimate of drug-likeness (QED) is 0.582. The summed E-state index contributed by atoms with van der Waals surface area (Å²) in [5.74, 6) is 0.331. The van der Waals surface area contributed by atoms with E-state index in [-0.39, 0.29) is 13.2 Å². The molecule has 0 aliphatic heterocycles. The van der Waals surface area contributed by atoms with Gasteiger partial charge in [0.05, 0.1) is 14.2 Å². The zero-order chi connectivity index (χ0) is 18.8. The van der Waals surface area contributed by atoms with Gasteiger partial charge in [-0.2, -0.15) is 0 Å². The van der Waals surface area contributed by atoms with Crippen LogP contribution in [0, 0.1) is 0 Å². The second-order valence-corrected chi connectivity index (χ2v) is 5.31. The number of rotatable bonds is 8. The predicted octanol–water partition coefficient (Wildman–Crippen LogP) is 2.58. The van der Waals surface area contributed by atoms with Crippen LogP contribution in [0.1, 0.15) is 11.1 Å². The largest absolute Gasteiger partial charge is 0.497 e. The molecule has 0 radical (unpaired) electrons. The molecule has 0 aliphatic rings. The summed E-state index contributed by atoms with van der Waals surface area (Å²) in [4.78, 5) is 23.5. The molecule has 0 saturated carbocycles. The summed E-state index contributed by atoms with van der Waals surface area (Å²) in [6, 6.07) is 14.6. The molecule has 2 aromatic rings. The van der Waals surface area contributed by atoms with E-state index in [4.69, 9.17) is 14.2 Å². The number of hydrogen-bond donors (Lipinski definition) is 1. The van der Waals surface area contributed by atoms with Crippen molar-refractivity contribution in [2.45, 2.75) is 6.61 Å². The highest BCUT2D eigenvalue weighted by Crippen LogP contribution is 2.25. The van der Waals surface area contributed by atoms with Gasteiger partial charge in [-0.15, -0.1) is 0 Å². The fourth-order valence-electron chi connectivity index (χ4n) is 2.13. The van der Waals surface area contributed by atoms with E-state index in [9.17, 15) is 9.59 Å². The minimum atomic E-state index is -0.502. The molecule has 6 nitrogen and oxygen atoms in total. The lowest BCUT2D eigenvalue weighted by atomic mass is 10.1. The van der Waals surface area contributed by atoms with Crippen LogP contribution in [0.3, 0.4) is 0 Å². The van der Waals surface area contributed by atoms with Gasteiger partial charge in [-0.1, -0.05) is 30.3 Å². The topological polar surface area (TPSA) is 73.9 Å². The van der Waals surface area contributed by atoms with Gasteiger partial charge in [0.25, 0.3) is 0 Å². The van der Waals surface area contributed by atoms with Gasteiger partial charge in [-0.3, -0.25) is 9.59 Å². The van der Waals surface area contributed by atoms with Crippen molar-refractivity contribution in [3.05, 3.63) is 65.7 Å². The average molecular weight is 355 g/mol. The van der Waals surface area contributed by atoms with Crippen LogP contribution in [0.5, 0.6) is 11.5 Å². The Labute approximate surface area is 152 Å². The van der Waals surface area contributed by atoms with E-state index in [1.54, 1.807) is 31.4 Å². The maximum Gasteiger partial charge on any atom is 0.325 e. The molecule has 2 rings (SSSR count). The van der Waals surface area contributed by atoms with Gasteiger partial charge < -0.3 is 19.5 Å². The molecule has 0 unspecified atom stereocenters. The van der Waals surface area contributed by atoms with Crippen molar-refractivity contribution >= 4 is 18.0 Å². The molecule has 1 N–H and O–H groups in total. The summed E-state index contributed by atoms with van der Waals surface area (Å²) in [6.45, 7) is -0.0236. The van der Waals surface area contributed by atoms with Crippen LogP contribution in [0.2, 0.25) is 0 Å². The van der Waals surface area contributed by atoms with Crippen molar-refractivity contribution in [2.75, 3.05) is 20.8 Å². The number of benzene rings is 2. The van der Waals surface area contributed by atoms with Crippen LogP contribution in [-0.2, 0) is 20.9 Å². The van der Waals surface area contributed by atoms with E-state index in [0.717, 1.165) is 11.1 Å². The summed E-state index contributed by atoms with van der Waals surface area (Å²) in [5.41, 5.74) is 1.61. The van der Waals surface area contributed by atoms with Crippen molar-refractivity contribution in [2.24, 2.45) is 0 Å². The second kappa shape index (κ2) is 9.88. The average Bonchev–Trinajstić information content (AvgIpc) is 2.69. The van der Waals surface area contributed by atoms with Gasteiger partial charge in [-0.05, 0) is 23.8 Å². The van der Waals surface area contributed by atoms with Crippen LogP contribution in [-0.4, -0.2) is 32.6 Å². The first-order chi connectivity index (χ1) is 12.6. The van der Waals surface area contributed by atoms with Crippen molar-refractivity contribution in [3.63, 3.8) is 0 Å². The Hall–Kier alpha value is -3.28. The van der Waals surface area contributed by atoms with Crippen LogP contribution >= 0.6 is 0 Å². The third-order valence-electron chi connectivity index (χ3n) is 3.50. The predicted molar refractivity (Wildman–Crippen MR) is 97.8 cm³/mol. The van der Waals surface area contributed by atoms with Gasteiger partial charge >= 0.3 is 5.97 Å². The third-order valence-corrected chi connectivity index (χ3v) is 3.50. The summed E-state index contributed by atoms with van der Waals surface area (Å²) >= 11 is 0. The maximum atomic E-state index is 11.8. The van der Waals surface area contributed by atoms with Gasteiger partial charge in [0.1, 0.15) is 24.7 Å². The highest BCUT2D eigenvalue weighted by atomic mass is 16.5. The minimum Gasteiger partial charge on any atom is -0.497 e. The smallest absolute Gasteiger partial charge is 0.325 e. The van der Waals surface area contributed by atoms with Crippen LogP contribution in [0.25, 0.3) is 6.08 Å². The Balaban J connectivity index is 1.81. The molecule has 0 spiro atoms. The molecule has 136 valence electrons. The highest BCUT2D eigenvalue weighted by Gasteiger charge is 2.06. The normalized spacial score (nSPS) is 10.4. The first kappa shape index (κ1) is 19.1. The number of methoxy groups -OCH3 is 2. The monoisotopic (exact) mass is 355 g/mol. The molecule has 0 atom stereocenters. The lowest BCUT2D eigenvalue weighted by Crippen LogP contribution is -2.29. The fourth-order valence-corrected chi connectivity index (χ4v) is 2.13. The fraction of sp³-hybridized carbons (Fsp3) is 0.200. The number of ether oxygens (including phenoxy) is 3. The molecule has 0 saturated heterocycles. The van der Waals surface area contributed by atoms with Crippen molar-refractivity contribution < 1.29 is 23.8 Å². The van der Waals surface area contributed by atoms with E-state index < -0.39 is 11.9 Å². The maximum absolute atomic E-state index is 11.8. The molecule has 26 heavy (non-hydrogen) atoms. The first-order valence-electron chi connectivity index (χ1n) is 8.00. The Bertz CT molecular complexity index is 771. The molecule has 1 amide bonds. The lowest BCUT2D eigenvalue weighted by Gasteiger charge is -2.07. The molecule has 0 aromatic heterocycles. The van der Waals surface area contributed by atoms with Crippen molar-refractivity contribution in [1.82, 2.24) is 5.32 Å². The Kier molecular flexibility index (Phi) is 7.24. The number of carbonyl (C=O) groups excluding carboxylic acids is 2. The molecule has 6 heteroatoms. The molecule has 0 aliphatic carbocycles. The number of esters is 1. The van der Waals surface area contributed by atoms with E-state index in [1.165, 1.54) is 13.2 Å². The van der Waals surface area contributed by atoms with E-state index in [0.29, 0.717) is 11.5 Å². The van der Waals surface area contributed by atoms with Crippen molar-refractivity contribution in [3.8, 4) is 11.5 Å². The summed E-state index contributed by atoms with van der Waals surface area (Å²) in [6.07, 6.45) is 2.93. The minimum absolute atomic E-state index is 0.175. The molecular weight excluding hydrogens is 334 g/mol. The SMILES string of the molecule is COc1ccc(/C=C/C(=O)NCC(=O)OCc2ccccc2)c(OC)c1. The molecular formula is C20H21NO5. The van der Waals surface area contributed by atoms with Crippen LogP contribution in [0.15, 0.2) is 54.6 Å². The van der Waals surface area contributed by atoms with Gasteiger partial charge in [-0.25, -0.2) is 0 Å². The highest BCUT2D eigenvalue weighted by molar-refractivity contribution is 5.94. The Morgan fingerprint density at radius 3 is 2.50 bits per heavy atom. The first-order valence-corrected chi connectivity index (χ1v) is 8.00. The van der Waals surface area contributed by atoms with Gasteiger partial charge in [0.15, 0.2) is 0 Å². The van der Waals surface area contributed by atoms with Gasteiger partial charge in [0, 0.05) is 17.7 Å². The standard InChI is InChI=1S/C20H21NO5/c1-24-17-10-8-16(18(12-17)25-2)9-11-19(22)21-13-20(23)26-14-15-6-4-3-5-7-15/h3-12H,13-14H2,1-2H3,(H,21,22)/b11-9+. The Morgan fingerprint density at radius 2 is 1.81 bits per heavy atom. The molecule has 0 heterocycles. The van der Waals surface area contributed by atoms with Crippen LogP contribution in [0.4, 0.5) is 0 Å². The zero-order valence-corrected chi connectivity index (χ0v) is 14.7. The van der Waals surface area contributed by atoms with E-state index in [1.807, 2.05) is 30.3 Å². The van der Waals surface area contributed by atoms with Crippen molar-refractivity contribution in [1.29, 1.82) is 0 Å². The summed E-state index contributed by atoms with van der Waals surface area (Å²) in [5, 5.41) is 2.48. The van der Waals surface area contributed by atoms with E-state index in [2.05, 4.69) is 5.32 Å². The van der Waals surface area contributed by atoms with Crippen LogP contribution < -0.4 is 14.8 Å². The summed E-state index contributed by atoms with van der Waals surface area (Å²) < 4.78 is 15.5. The lowest BCUT2D eigenvalue weighted by molar-refractivity contribution is -0.144. The number of amides is 1. The van der Waals surface area contributed by atoms with Gasteiger partial charge in [0.2, 0.25) is 5.91 Å². The number of carbonyl (C=O) groups is 2. The molecule has 0 bridgehead atoms. The Morgan fingerprint density at radius 1 is 1.04 bits per heavy atom. The zero-order valence-electron chi connectivity index (χ0n) is 14.7. The molecule has 2 aromatic carbocycles. The third kappa shape index (κ3) is 5.98. The van der Waals surface area contributed by atoms with E-state index >= 15 is 0 Å². The summed E-state index contributed by atoms with van der Waals surface area (Å²) in [7, 11) is 3.10.